The molecule has 4 heteroatoms. The van der Waals surface area contributed by atoms with Crippen LogP contribution in [-0.4, -0.2) is 23.3 Å². The zero-order valence-corrected chi connectivity index (χ0v) is 18.6. The van der Waals surface area contributed by atoms with E-state index in [0.717, 1.165) is 46.9 Å². The Morgan fingerprint density at radius 2 is 1.61 bits per heavy atom. The molecule has 4 aromatic carbocycles. The topological polar surface area (TPSA) is 36.3 Å². The largest absolute Gasteiger partial charge is 0.496 e. The molecule has 1 aromatic heterocycles. The number of methoxy groups -OCH3 is 1. The second-order valence-electron chi connectivity index (χ2n) is 7.90. The highest BCUT2D eigenvalue weighted by atomic mass is 16.5. The zero-order chi connectivity index (χ0) is 22.5. The molecule has 0 N–H and O–H groups in total. The molecule has 4 nitrogen and oxygen atoms in total. The van der Waals surface area contributed by atoms with Crippen molar-refractivity contribution >= 4 is 34.0 Å². The van der Waals surface area contributed by atoms with Crippen molar-refractivity contribution in [3.63, 3.8) is 0 Å². The Labute approximate surface area is 193 Å². The van der Waals surface area contributed by atoms with Crippen LogP contribution in [0.3, 0.4) is 0 Å². The summed E-state index contributed by atoms with van der Waals surface area (Å²) >= 11 is 0. The van der Waals surface area contributed by atoms with Gasteiger partial charge in [0.05, 0.1) is 24.8 Å². The molecule has 0 fully saturated rings. The summed E-state index contributed by atoms with van der Waals surface area (Å²) in [6.07, 6.45) is 4.99. The second-order valence-corrected chi connectivity index (χ2v) is 7.90. The number of aromatic nitrogens is 2. The highest BCUT2D eigenvalue weighted by molar-refractivity contribution is 5.83. The molecular weight excluding hydrogens is 408 g/mol. The highest BCUT2D eigenvalue weighted by Gasteiger charge is 2.09. The number of fused-ring (bicyclic) bond motifs is 2. The number of aryl methyl sites for hydroxylation is 1. The average molecular weight is 435 g/mol. The number of ether oxygens (including phenoxy) is 2. The van der Waals surface area contributed by atoms with Crippen molar-refractivity contribution in [2.45, 2.75) is 13.0 Å². The van der Waals surface area contributed by atoms with E-state index in [1.165, 1.54) is 10.8 Å². The van der Waals surface area contributed by atoms with Crippen LogP contribution < -0.4 is 9.47 Å². The first-order valence-electron chi connectivity index (χ1n) is 11.2. The lowest BCUT2D eigenvalue weighted by Crippen LogP contribution is -2.06. The van der Waals surface area contributed by atoms with Gasteiger partial charge in [0, 0.05) is 12.1 Å². The maximum absolute atomic E-state index is 6.06. The van der Waals surface area contributed by atoms with Gasteiger partial charge in [0.15, 0.2) is 0 Å². The van der Waals surface area contributed by atoms with Gasteiger partial charge in [-0.1, -0.05) is 60.7 Å². The van der Waals surface area contributed by atoms with Crippen LogP contribution in [0.25, 0.3) is 34.0 Å². The molecule has 0 unspecified atom stereocenters. The molecule has 0 saturated heterocycles. The summed E-state index contributed by atoms with van der Waals surface area (Å²) in [5.74, 6) is 2.67. The smallest absolute Gasteiger partial charge is 0.133 e. The Morgan fingerprint density at radius 1 is 0.818 bits per heavy atom. The number of imidazole rings is 1. The SMILES string of the molecule is COc1ccccc1/C=C/c1nc2ccccc2n1CCCOc1ccc2ccccc2c1. The van der Waals surface area contributed by atoms with E-state index >= 15 is 0 Å². The van der Waals surface area contributed by atoms with E-state index in [1.54, 1.807) is 7.11 Å². The van der Waals surface area contributed by atoms with Crippen LogP contribution in [0.1, 0.15) is 17.8 Å². The number of hydrogen-bond donors (Lipinski definition) is 0. The summed E-state index contributed by atoms with van der Waals surface area (Å²) in [5.41, 5.74) is 3.15. The van der Waals surface area contributed by atoms with Crippen molar-refractivity contribution < 1.29 is 9.47 Å². The summed E-state index contributed by atoms with van der Waals surface area (Å²) in [5, 5.41) is 2.42. The van der Waals surface area contributed by atoms with E-state index in [2.05, 4.69) is 71.3 Å². The molecule has 0 saturated carbocycles. The summed E-state index contributed by atoms with van der Waals surface area (Å²) in [4.78, 5) is 4.85. The monoisotopic (exact) mass is 434 g/mol. The van der Waals surface area contributed by atoms with E-state index < -0.39 is 0 Å². The number of hydrogen-bond acceptors (Lipinski definition) is 3. The van der Waals surface area contributed by atoms with Gasteiger partial charge >= 0.3 is 0 Å². The Morgan fingerprint density at radius 3 is 2.52 bits per heavy atom. The molecule has 0 atom stereocenters. The van der Waals surface area contributed by atoms with Crippen molar-refractivity contribution in [1.29, 1.82) is 0 Å². The van der Waals surface area contributed by atoms with E-state index in [-0.39, 0.29) is 0 Å². The fourth-order valence-corrected chi connectivity index (χ4v) is 4.09. The van der Waals surface area contributed by atoms with Crippen molar-refractivity contribution in [1.82, 2.24) is 9.55 Å². The molecular formula is C29H26N2O2. The lowest BCUT2D eigenvalue weighted by atomic mass is 10.1. The molecule has 164 valence electrons. The quantitative estimate of drug-likeness (QED) is 0.251. The third-order valence-electron chi connectivity index (χ3n) is 5.75. The molecule has 0 bridgehead atoms. The van der Waals surface area contributed by atoms with Gasteiger partial charge in [-0.25, -0.2) is 4.98 Å². The number of rotatable bonds is 8. The number of benzene rings is 4. The fourth-order valence-electron chi connectivity index (χ4n) is 4.09. The minimum Gasteiger partial charge on any atom is -0.496 e. The maximum Gasteiger partial charge on any atom is 0.133 e. The van der Waals surface area contributed by atoms with E-state index in [9.17, 15) is 0 Å². The van der Waals surface area contributed by atoms with Crippen molar-refractivity contribution in [3.8, 4) is 11.5 Å². The summed E-state index contributed by atoms with van der Waals surface area (Å²) in [6, 6.07) is 30.8. The molecule has 5 aromatic rings. The first-order valence-corrected chi connectivity index (χ1v) is 11.2. The van der Waals surface area contributed by atoms with Crippen molar-refractivity contribution in [2.75, 3.05) is 13.7 Å². The molecule has 0 amide bonds. The normalized spacial score (nSPS) is 11.4. The average Bonchev–Trinajstić information content (AvgIpc) is 3.22. The molecule has 0 spiro atoms. The minimum atomic E-state index is 0.639. The van der Waals surface area contributed by atoms with Gasteiger partial charge < -0.3 is 14.0 Å². The predicted molar refractivity (Wildman–Crippen MR) is 136 cm³/mol. The van der Waals surface area contributed by atoms with Gasteiger partial charge in [0.2, 0.25) is 0 Å². The van der Waals surface area contributed by atoms with Crippen LogP contribution in [0, 0.1) is 0 Å². The zero-order valence-electron chi connectivity index (χ0n) is 18.6. The van der Waals surface area contributed by atoms with Crippen molar-refractivity contribution in [3.05, 3.63) is 102 Å². The van der Waals surface area contributed by atoms with Crippen LogP contribution in [0.5, 0.6) is 11.5 Å². The standard InChI is InChI=1S/C29H26N2O2/c1-32-28-14-7-4-10-23(28)16-18-29-30-26-12-5-6-13-27(26)31(29)19-8-20-33-25-17-15-22-9-2-3-11-24(22)21-25/h2-7,9-18,21H,8,19-20H2,1H3/b18-16+. The first-order chi connectivity index (χ1) is 16.3. The van der Waals surface area contributed by atoms with E-state index in [4.69, 9.17) is 14.5 Å². The molecule has 0 aliphatic rings. The highest BCUT2D eigenvalue weighted by Crippen LogP contribution is 2.23. The predicted octanol–water partition coefficient (Wildman–Crippen LogP) is 6.84. The van der Waals surface area contributed by atoms with Crippen LogP contribution >= 0.6 is 0 Å². The molecule has 33 heavy (non-hydrogen) atoms. The third-order valence-corrected chi connectivity index (χ3v) is 5.75. The summed E-state index contributed by atoms with van der Waals surface area (Å²) in [6.45, 7) is 1.46. The molecule has 5 rings (SSSR count). The van der Waals surface area contributed by atoms with E-state index in [1.807, 2.05) is 36.4 Å². The van der Waals surface area contributed by atoms with Crippen LogP contribution in [-0.2, 0) is 6.54 Å². The van der Waals surface area contributed by atoms with Gasteiger partial charge in [-0.3, -0.25) is 0 Å². The van der Waals surface area contributed by atoms with Gasteiger partial charge in [0.1, 0.15) is 17.3 Å². The Bertz CT molecular complexity index is 1420. The maximum atomic E-state index is 6.06. The molecule has 0 radical (unpaired) electrons. The van der Waals surface area contributed by atoms with E-state index in [0.29, 0.717) is 6.61 Å². The molecule has 0 aliphatic carbocycles. The van der Waals surface area contributed by atoms with Crippen LogP contribution in [0.15, 0.2) is 91.0 Å². The fraction of sp³-hybridized carbons (Fsp3) is 0.138. The van der Waals surface area contributed by atoms with Gasteiger partial charge in [0.25, 0.3) is 0 Å². The van der Waals surface area contributed by atoms with Crippen LogP contribution in [0.4, 0.5) is 0 Å². The van der Waals surface area contributed by atoms with Gasteiger partial charge in [-0.15, -0.1) is 0 Å². The molecule has 1 heterocycles. The van der Waals surface area contributed by atoms with Crippen LogP contribution in [0.2, 0.25) is 0 Å². The lowest BCUT2D eigenvalue weighted by molar-refractivity contribution is 0.303. The lowest BCUT2D eigenvalue weighted by Gasteiger charge is -2.10. The first kappa shape index (κ1) is 20.8. The van der Waals surface area contributed by atoms with Crippen molar-refractivity contribution in [2.24, 2.45) is 0 Å². The number of nitrogens with zero attached hydrogens (tertiary/aromatic N) is 2. The van der Waals surface area contributed by atoms with Gasteiger partial charge in [-0.2, -0.15) is 0 Å². The Kier molecular flexibility index (Phi) is 6.07. The second kappa shape index (κ2) is 9.61. The summed E-state index contributed by atoms with van der Waals surface area (Å²) in [7, 11) is 1.69. The molecule has 0 aliphatic heterocycles. The number of para-hydroxylation sites is 3. The minimum absolute atomic E-state index is 0.639. The third kappa shape index (κ3) is 4.60. The Hall–Kier alpha value is -4.05. The van der Waals surface area contributed by atoms with Gasteiger partial charge in [-0.05, 0) is 59.7 Å². The Balaban J connectivity index is 1.32. The summed E-state index contributed by atoms with van der Waals surface area (Å²) < 4.78 is 13.8.